The fourth-order valence-electron chi connectivity index (χ4n) is 1.98. The molecule has 0 fully saturated rings. The second-order valence-electron chi connectivity index (χ2n) is 5.03. The third kappa shape index (κ3) is 5.10. The van der Waals surface area contributed by atoms with Crippen LogP contribution in [0.1, 0.15) is 30.9 Å². The van der Waals surface area contributed by atoms with Gasteiger partial charge in [-0.2, -0.15) is 21.3 Å². The highest BCUT2D eigenvalue weighted by atomic mass is 35.5. The molecule has 4 N–H and O–H groups in total. The molecule has 7 heteroatoms. The number of aliphatic hydroxyl groups excluding tert-OH is 1. The van der Waals surface area contributed by atoms with Crippen LogP contribution in [-0.2, 0) is 0 Å². The lowest BCUT2D eigenvalue weighted by Crippen LogP contribution is -2.14. The van der Waals surface area contributed by atoms with Gasteiger partial charge >= 0.3 is 0 Å². The summed E-state index contributed by atoms with van der Waals surface area (Å²) in [6.45, 7) is 2.88. The third-order valence-corrected chi connectivity index (χ3v) is 4.37. The highest BCUT2D eigenvalue weighted by Gasteiger charge is 2.11. The second kappa shape index (κ2) is 8.73. The van der Waals surface area contributed by atoms with Gasteiger partial charge in [-0.05, 0) is 23.8 Å². The van der Waals surface area contributed by atoms with E-state index in [1.807, 2.05) is 16.8 Å². The summed E-state index contributed by atoms with van der Waals surface area (Å²) in [7, 11) is 0. The van der Waals surface area contributed by atoms with Crippen molar-refractivity contribution in [2.75, 3.05) is 24.2 Å². The zero-order chi connectivity index (χ0) is 16.7. The molecule has 2 aromatic heterocycles. The molecule has 0 saturated carbocycles. The Hall–Kier alpha value is -1.81. The van der Waals surface area contributed by atoms with E-state index in [1.165, 1.54) is 0 Å². The zero-order valence-corrected chi connectivity index (χ0v) is 14.4. The van der Waals surface area contributed by atoms with Gasteiger partial charge in [-0.1, -0.05) is 36.8 Å². The van der Waals surface area contributed by atoms with Crippen molar-refractivity contribution in [3.63, 3.8) is 0 Å². The van der Waals surface area contributed by atoms with Gasteiger partial charge in [0.05, 0.1) is 0 Å². The Labute approximate surface area is 144 Å². The van der Waals surface area contributed by atoms with Gasteiger partial charge in [-0.3, -0.25) is 0 Å². The lowest BCUT2D eigenvalue weighted by Gasteiger charge is -2.13. The fourth-order valence-corrected chi connectivity index (χ4v) is 2.79. The average molecular weight is 351 g/mol. The Morgan fingerprint density at radius 2 is 2.26 bits per heavy atom. The van der Waals surface area contributed by atoms with Gasteiger partial charge in [0.25, 0.3) is 0 Å². The summed E-state index contributed by atoms with van der Waals surface area (Å²) < 4.78 is 0. The Balaban J connectivity index is 2.17. The number of nitrogens with zero attached hydrogens (tertiary/aromatic N) is 2. The molecular formula is C16H19ClN4OS. The van der Waals surface area contributed by atoms with E-state index in [-0.39, 0.29) is 23.6 Å². The predicted octanol–water partition coefficient (Wildman–Crippen LogP) is 2.99. The van der Waals surface area contributed by atoms with Gasteiger partial charge in [0, 0.05) is 24.1 Å². The van der Waals surface area contributed by atoms with E-state index < -0.39 is 0 Å². The number of nitrogens with two attached hydrogens (primary N) is 1. The molecule has 1 unspecified atom stereocenters. The van der Waals surface area contributed by atoms with Crippen LogP contribution in [-0.4, -0.2) is 28.2 Å². The van der Waals surface area contributed by atoms with E-state index in [9.17, 15) is 5.11 Å². The van der Waals surface area contributed by atoms with Crippen molar-refractivity contribution in [2.45, 2.75) is 19.8 Å². The molecule has 5 nitrogen and oxygen atoms in total. The topological polar surface area (TPSA) is 84.1 Å². The van der Waals surface area contributed by atoms with Crippen LogP contribution in [0, 0.1) is 17.8 Å². The maximum atomic E-state index is 9.24. The van der Waals surface area contributed by atoms with Crippen LogP contribution < -0.4 is 11.1 Å². The number of aliphatic hydroxyl groups is 1. The number of nitrogens with one attached hydrogen (secondary N) is 1. The number of thiophene rings is 1. The molecule has 0 amide bonds. The first kappa shape index (κ1) is 17.5. The molecule has 0 radical (unpaired) electrons. The highest BCUT2D eigenvalue weighted by molar-refractivity contribution is 7.08. The summed E-state index contributed by atoms with van der Waals surface area (Å²) in [6, 6.07) is 1.93. The first-order valence-electron chi connectivity index (χ1n) is 7.36. The van der Waals surface area contributed by atoms with Crippen molar-refractivity contribution in [1.82, 2.24) is 9.97 Å². The summed E-state index contributed by atoms with van der Waals surface area (Å²) in [6.07, 6.45) is 1.75. The Morgan fingerprint density at radius 1 is 1.43 bits per heavy atom. The quantitative estimate of drug-likeness (QED) is 0.551. The Kier molecular flexibility index (Phi) is 6.66. The van der Waals surface area contributed by atoms with Crippen molar-refractivity contribution < 1.29 is 5.11 Å². The summed E-state index contributed by atoms with van der Waals surface area (Å²) in [4.78, 5) is 8.15. The van der Waals surface area contributed by atoms with Crippen LogP contribution in [0.4, 0.5) is 11.8 Å². The van der Waals surface area contributed by atoms with Gasteiger partial charge in [0.1, 0.15) is 11.4 Å². The predicted molar refractivity (Wildman–Crippen MR) is 95.7 cm³/mol. The van der Waals surface area contributed by atoms with E-state index in [0.29, 0.717) is 17.9 Å². The third-order valence-electron chi connectivity index (χ3n) is 3.42. The maximum Gasteiger partial charge on any atom is 0.223 e. The number of rotatable bonds is 6. The van der Waals surface area contributed by atoms with Crippen LogP contribution in [0.25, 0.3) is 0 Å². The molecule has 2 aromatic rings. The smallest absolute Gasteiger partial charge is 0.223 e. The standard InChI is InChI=1S/C16H19ClN4OS/c1-2-11(9-22)5-7-19-15-13(14(17)20-16(18)21-15)4-3-12-6-8-23-10-12/h6,8,10-11,22H,2,5,7,9H2,1H3,(H3,18,19,20,21). The minimum absolute atomic E-state index is 0.104. The number of aromatic nitrogens is 2. The lowest BCUT2D eigenvalue weighted by atomic mass is 10.0. The van der Waals surface area contributed by atoms with E-state index in [1.54, 1.807) is 11.3 Å². The number of anilines is 2. The van der Waals surface area contributed by atoms with Crippen LogP contribution >= 0.6 is 22.9 Å². The summed E-state index contributed by atoms with van der Waals surface area (Å²) in [5.74, 6) is 6.94. The Bertz CT molecular complexity index is 690. The molecule has 122 valence electrons. The number of halogens is 1. The molecule has 0 aliphatic heterocycles. The van der Waals surface area contributed by atoms with Crippen LogP contribution in [0.15, 0.2) is 16.8 Å². The maximum absolute atomic E-state index is 9.24. The van der Waals surface area contributed by atoms with E-state index in [0.717, 1.165) is 18.4 Å². The van der Waals surface area contributed by atoms with Gasteiger partial charge in [0.15, 0.2) is 5.15 Å². The van der Waals surface area contributed by atoms with Gasteiger partial charge < -0.3 is 16.2 Å². The summed E-state index contributed by atoms with van der Waals surface area (Å²) in [5, 5.41) is 16.6. The normalized spacial score (nSPS) is 11.6. The minimum Gasteiger partial charge on any atom is -0.396 e. The van der Waals surface area contributed by atoms with Crippen molar-refractivity contribution in [3.8, 4) is 11.8 Å². The minimum atomic E-state index is 0.104. The molecule has 2 rings (SSSR count). The van der Waals surface area contributed by atoms with Crippen molar-refractivity contribution in [1.29, 1.82) is 0 Å². The molecule has 0 aliphatic rings. The molecule has 0 bridgehead atoms. The fraction of sp³-hybridized carbons (Fsp3) is 0.375. The molecule has 0 aromatic carbocycles. The number of nitrogen functional groups attached to an aromatic ring is 1. The summed E-state index contributed by atoms with van der Waals surface area (Å²) in [5.41, 5.74) is 7.12. The largest absolute Gasteiger partial charge is 0.396 e. The average Bonchev–Trinajstić information content (AvgIpc) is 3.04. The van der Waals surface area contributed by atoms with Crippen molar-refractivity contribution in [2.24, 2.45) is 5.92 Å². The highest BCUT2D eigenvalue weighted by Crippen LogP contribution is 2.21. The van der Waals surface area contributed by atoms with Crippen LogP contribution in [0.2, 0.25) is 5.15 Å². The van der Waals surface area contributed by atoms with Gasteiger partial charge in [-0.25, -0.2) is 0 Å². The molecule has 0 spiro atoms. The van der Waals surface area contributed by atoms with Crippen molar-refractivity contribution in [3.05, 3.63) is 33.1 Å². The van der Waals surface area contributed by atoms with Crippen molar-refractivity contribution >= 4 is 34.7 Å². The molecule has 0 aliphatic carbocycles. The first-order chi connectivity index (χ1) is 11.1. The second-order valence-corrected chi connectivity index (χ2v) is 6.17. The lowest BCUT2D eigenvalue weighted by molar-refractivity contribution is 0.217. The molecule has 2 heterocycles. The van der Waals surface area contributed by atoms with E-state index in [2.05, 4.69) is 34.0 Å². The number of hydrogen-bond donors (Lipinski definition) is 3. The molecule has 0 saturated heterocycles. The SMILES string of the molecule is CCC(CO)CCNc1nc(N)nc(Cl)c1C#Cc1ccsc1. The molecule has 1 atom stereocenters. The van der Waals surface area contributed by atoms with Gasteiger partial charge in [0.2, 0.25) is 5.95 Å². The van der Waals surface area contributed by atoms with E-state index >= 15 is 0 Å². The monoisotopic (exact) mass is 350 g/mol. The Morgan fingerprint density at radius 3 is 2.91 bits per heavy atom. The van der Waals surface area contributed by atoms with Gasteiger partial charge in [-0.15, -0.1) is 0 Å². The molecular weight excluding hydrogens is 332 g/mol. The zero-order valence-electron chi connectivity index (χ0n) is 12.8. The first-order valence-corrected chi connectivity index (χ1v) is 8.68. The van der Waals surface area contributed by atoms with Crippen LogP contribution in [0.3, 0.4) is 0 Å². The number of hydrogen-bond acceptors (Lipinski definition) is 6. The summed E-state index contributed by atoms with van der Waals surface area (Å²) >= 11 is 7.74. The van der Waals surface area contributed by atoms with Crippen LogP contribution in [0.5, 0.6) is 0 Å². The molecule has 23 heavy (non-hydrogen) atoms. The van der Waals surface area contributed by atoms with E-state index in [4.69, 9.17) is 17.3 Å².